The van der Waals surface area contributed by atoms with Crippen molar-refractivity contribution in [1.29, 1.82) is 0 Å². The number of alkyl halides is 6. The van der Waals surface area contributed by atoms with Gasteiger partial charge in [-0.3, -0.25) is 4.79 Å². The first-order valence-electron chi connectivity index (χ1n) is 12.6. The number of nitrogens with one attached hydrogen (secondary N) is 3. The van der Waals surface area contributed by atoms with Gasteiger partial charge in [-0.15, -0.1) is 11.3 Å². The number of aromatic nitrogens is 1. The molecule has 0 radical (unpaired) electrons. The number of urea groups is 1. The van der Waals surface area contributed by atoms with Crippen molar-refractivity contribution in [2.24, 2.45) is 0 Å². The average Bonchev–Trinajstić information content (AvgIpc) is 3.38. The van der Waals surface area contributed by atoms with Crippen LogP contribution in [-0.4, -0.2) is 29.0 Å². The quantitative estimate of drug-likeness (QED) is 0.257. The van der Waals surface area contributed by atoms with Crippen LogP contribution in [0.15, 0.2) is 47.8 Å². The van der Waals surface area contributed by atoms with Gasteiger partial charge >= 0.3 is 18.4 Å². The van der Waals surface area contributed by atoms with Crippen LogP contribution in [0.2, 0.25) is 0 Å². The Labute approximate surface area is 235 Å². The van der Waals surface area contributed by atoms with E-state index in [2.05, 4.69) is 20.9 Å². The Kier molecular flexibility index (Phi) is 9.10. The lowest BCUT2D eigenvalue weighted by molar-refractivity contribution is -0.143. The maximum absolute atomic E-state index is 13.1. The summed E-state index contributed by atoms with van der Waals surface area (Å²) in [6, 6.07) is 6.17. The van der Waals surface area contributed by atoms with Crippen molar-refractivity contribution < 1.29 is 40.7 Å². The third kappa shape index (κ3) is 8.35. The van der Waals surface area contributed by atoms with Crippen molar-refractivity contribution in [2.45, 2.75) is 63.7 Å². The van der Waals surface area contributed by atoms with E-state index in [9.17, 15) is 35.9 Å². The third-order valence-corrected chi connectivity index (χ3v) is 7.23. The molecule has 4 rings (SSSR count). The summed E-state index contributed by atoms with van der Waals surface area (Å²) in [5, 5.41) is 9.62. The molecule has 2 unspecified atom stereocenters. The van der Waals surface area contributed by atoms with Crippen molar-refractivity contribution in [3.8, 4) is 5.75 Å². The molecular formula is C27H26F6N4O3S. The predicted molar refractivity (Wildman–Crippen MR) is 140 cm³/mol. The summed E-state index contributed by atoms with van der Waals surface area (Å²) in [5.41, 5.74) is -2.50. The number of carbonyl (C=O) groups excluding carboxylic acids is 2. The van der Waals surface area contributed by atoms with Gasteiger partial charge in [0.2, 0.25) is 0 Å². The molecule has 2 atom stereocenters. The van der Waals surface area contributed by atoms with Gasteiger partial charge in [0.1, 0.15) is 23.1 Å². The Bertz CT molecular complexity index is 1340. The summed E-state index contributed by atoms with van der Waals surface area (Å²) in [6.45, 7) is 2.12. The van der Waals surface area contributed by atoms with E-state index in [-0.39, 0.29) is 18.4 Å². The Morgan fingerprint density at radius 3 is 2.10 bits per heavy atom. The van der Waals surface area contributed by atoms with Crippen molar-refractivity contribution in [2.75, 3.05) is 5.32 Å². The van der Waals surface area contributed by atoms with E-state index in [1.807, 2.05) is 31.2 Å². The molecule has 0 saturated heterocycles. The van der Waals surface area contributed by atoms with Gasteiger partial charge in [-0.2, -0.15) is 26.3 Å². The van der Waals surface area contributed by atoms with E-state index in [1.165, 1.54) is 11.3 Å². The Morgan fingerprint density at radius 2 is 1.51 bits per heavy atom. The third-order valence-electron chi connectivity index (χ3n) is 6.41. The van der Waals surface area contributed by atoms with E-state index >= 15 is 0 Å². The number of amides is 3. The summed E-state index contributed by atoms with van der Waals surface area (Å²) in [5.74, 6) is 0.181. The van der Waals surface area contributed by atoms with Crippen LogP contribution in [0.3, 0.4) is 0 Å². The smallest absolute Gasteiger partial charge is 0.416 e. The number of carbonyl (C=O) groups is 2. The van der Waals surface area contributed by atoms with Gasteiger partial charge in [0.15, 0.2) is 0 Å². The van der Waals surface area contributed by atoms with Crippen molar-refractivity contribution in [3.05, 3.63) is 75.2 Å². The topological polar surface area (TPSA) is 92.3 Å². The molecule has 1 aliphatic rings. The van der Waals surface area contributed by atoms with Gasteiger partial charge in [0.25, 0.3) is 5.91 Å². The fourth-order valence-electron chi connectivity index (χ4n) is 4.34. The second-order valence-corrected chi connectivity index (χ2v) is 10.5. The van der Waals surface area contributed by atoms with Crippen molar-refractivity contribution in [3.63, 3.8) is 0 Å². The molecule has 1 aromatic heterocycles. The fourth-order valence-corrected chi connectivity index (χ4v) is 5.03. The fraction of sp³-hybridized carbons (Fsp3) is 0.370. The zero-order valence-electron chi connectivity index (χ0n) is 21.7. The zero-order valence-corrected chi connectivity index (χ0v) is 22.5. The second-order valence-electron chi connectivity index (χ2n) is 9.59. The number of benzene rings is 2. The highest BCUT2D eigenvalue weighted by Gasteiger charge is 2.37. The van der Waals surface area contributed by atoms with Gasteiger partial charge in [0, 0.05) is 17.1 Å². The molecule has 1 aliphatic carbocycles. The zero-order chi connectivity index (χ0) is 29.8. The molecule has 0 spiro atoms. The number of aryl methyl sites for hydroxylation is 1. The molecule has 3 amide bonds. The number of hydrogen-bond acceptors (Lipinski definition) is 5. The van der Waals surface area contributed by atoms with Crippen LogP contribution in [0.4, 0.5) is 36.8 Å². The van der Waals surface area contributed by atoms with Crippen LogP contribution in [0.1, 0.15) is 57.9 Å². The molecule has 0 bridgehead atoms. The minimum absolute atomic E-state index is 0.0195. The number of nitrogens with zero attached hydrogens (tertiary/aromatic N) is 1. The number of rotatable bonds is 7. The van der Waals surface area contributed by atoms with Gasteiger partial charge in [-0.1, -0.05) is 30.5 Å². The molecule has 3 N–H and O–H groups in total. The number of halogens is 6. The summed E-state index contributed by atoms with van der Waals surface area (Å²) in [4.78, 5) is 29.8. The lowest BCUT2D eigenvalue weighted by Crippen LogP contribution is -2.54. The van der Waals surface area contributed by atoms with Gasteiger partial charge in [0.05, 0.1) is 17.2 Å². The van der Waals surface area contributed by atoms with Gasteiger partial charge < -0.3 is 20.7 Å². The minimum atomic E-state index is -5.05. The van der Waals surface area contributed by atoms with E-state index in [0.29, 0.717) is 42.2 Å². The second kappa shape index (κ2) is 12.4. The normalized spacial score (nSPS) is 17.5. The SMILES string of the molecule is Cc1ccc(OCc2nc(C(=O)NC3CCCCC3NC(=O)Nc3cc(C(F)(F)F)cc(C(F)(F)F)c3)cs2)cc1. The highest BCUT2D eigenvalue weighted by atomic mass is 32.1. The molecule has 14 heteroatoms. The summed E-state index contributed by atoms with van der Waals surface area (Å²) < 4.78 is 84.6. The molecule has 1 saturated carbocycles. The van der Waals surface area contributed by atoms with Gasteiger partial charge in [-0.05, 0) is 50.1 Å². The minimum Gasteiger partial charge on any atom is -0.486 e. The maximum atomic E-state index is 13.1. The Balaban J connectivity index is 1.37. The Morgan fingerprint density at radius 1 is 0.927 bits per heavy atom. The molecule has 3 aromatic rings. The first-order valence-corrected chi connectivity index (χ1v) is 13.5. The molecular weight excluding hydrogens is 574 g/mol. The lowest BCUT2D eigenvalue weighted by Gasteiger charge is -2.32. The summed E-state index contributed by atoms with van der Waals surface area (Å²) in [7, 11) is 0. The summed E-state index contributed by atoms with van der Waals surface area (Å²) in [6.07, 6.45) is -7.69. The van der Waals surface area contributed by atoms with Crippen LogP contribution < -0.4 is 20.7 Å². The highest BCUT2D eigenvalue weighted by Crippen LogP contribution is 2.37. The predicted octanol–water partition coefficient (Wildman–Crippen LogP) is 6.93. The standard InChI is InChI=1S/C27H26F6N4O3S/c1-15-6-8-19(9-7-15)40-13-23-35-22(14-41-23)24(38)36-20-4-2-3-5-21(20)37-25(39)34-18-11-16(26(28,29)30)10-17(12-18)27(31,32)33/h6-12,14,20-21H,2-5,13H2,1H3,(H,36,38)(H2,34,37,39). The summed E-state index contributed by atoms with van der Waals surface area (Å²) >= 11 is 1.24. The van der Waals surface area contributed by atoms with Crippen LogP contribution >= 0.6 is 11.3 Å². The number of ether oxygens (including phenoxy) is 1. The van der Waals surface area contributed by atoms with Crippen molar-refractivity contribution in [1.82, 2.24) is 15.6 Å². The molecule has 0 aliphatic heterocycles. The molecule has 7 nitrogen and oxygen atoms in total. The largest absolute Gasteiger partial charge is 0.486 e. The van der Waals surface area contributed by atoms with Crippen LogP contribution in [0.25, 0.3) is 0 Å². The van der Waals surface area contributed by atoms with Crippen molar-refractivity contribution >= 4 is 29.0 Å². The number of anilines is 1. The highest BCUT2D eigenvalue weighted by molar-refractivity contribution is 7.09. The molecule has 1 heterocycles. The van der Waals surface area contributed by atoms with Gasteiger partial charge in [-0.25, -0.2) is 9.78 Å². The Hall–Kier alpha value is -3.81. The molecule has 41 heavy (non-hydrogen) atoms. The van der Waals surface area contributed by atoms with Crippen LogP contribution in [0, 0.1) is 6.92 Å². The first kappa shape index (κ1) is 30.2. The molecule has 1 fully saturated rings. The molecule has 220 valence electrons. The van der Waals surface area contributed by atoms with E-state index in [0.717, 1.165) is 12.0 Å². The average molecular weight is 601 g/mol. The number of thiazole rings is 1. The first-order chi connectivity index (χ1) is 19.3. The van der Waals surface area contributed by atoms with E-state index < -0.39 is 53.2 Å². The van der Waals surface area contributed by atoms with Crippen LogP contribution in [-0.2, 0) is 19.0 Å². The number of hydrogen-bond donors (Lipinski definition) is 3. The molecule has 2 aromatic carbocycles. The van der Waals surface area contributed by atoms with E-state index in [4.69, 9.17) is 4.74 Å². The monoisotopic (exact) mass is 600 g/mol. The maximum Gasteiger partial charge on any atom is 0.416 e. The van der Waals surface area contributed by atoms with E-state index in [1.54, 1.807) is 5.38 Å². The lowest BCUT2D eigenvalue weighted by atomic mass is 9.90. The van der Waals surface area contributed by atoms with Crippen LogP contribution in [0.5, 0.6) is 5.75 Å².